The molecule has 2 N–H and O–H groups in total. The first-order valence-electron chi connectivity index (χ1n) is 6.78. The lowest BCUT2D eigenvalue weighted by molar-refractivity contribution is 0.118. The van der Waals surface area contributed by atoms with Gasteiger partial charge in [-0.2, -0.15) is 0 Å². The monoisotopic (exact) mass is 253 g/mol. The van der Waals surface area contributed by atoms with Gasteiger partial charge in [0.15, 0.2) is 0 Å². The van der Waals surface area contributed by atoms with Crippen molar-refractivity contribution < 1.29 is 9.13 Å². The van der Waals surface area contributed by atoms with E-state index in [1.54, 1.807) is 12.1 Å². The van der Waals surface area contributed by atoms with E-state index in [4.69, 9.17) is 10.5 Å². The molecule has 0 spiro atoms. The highest BCUT2D eigenvalue weighted by Crippen LogP contribution is 2.13. The third-order valence-electron chi connectivity index (χ3n) is 3.06. The summed E-state index contributed by atoms with van der Waals surface area (Å²) in [6, 6.07) is 6.75. The Morgan fingerprint density at radius 3 is 2.83 bits per heavy atom. The number of benzene rings is 1. The fraction of sp³-hybridized carbons (Fsp3) is 0.600. The highest BCUT2D eigenvalue weighted by molar-refractivity contribution is 5.16. The summed E-state index contributed by atoms with van der Waals surface area (Å²) < 4.78 is 18.6. The molecule has 1 aromatic carbocycles. The van der Waals surface area contributed by atoms with Gasteiger partial charge in [0.25, 0.3) is 0 Å². The van der Waals surface area contributed by atoms with E-state index in [0.29, 0.717) is 12.5 Å². The predicted molar refractivity (Wildman–Crippen MR) is 73.0 cm³/mol. The van der Waals surface area contributed by atoms with Gasteiger partial charge in [-0.1, -0.05) is 25.5 Å². The van der Waals surface area contributed by atoms with Crippen LogP contribution in [0.3, 0.4) is 0 Å². The standard InChI is InChI=1S/C15H24FNO/c1-2-3-8-18-9-7-14(12-17)10-13-5-4-6-15(16)11-13/h4-6,11,14H,2-3,7-10,12,17H2,1H3. The molecule has 0 aromatic heterocycles. The van der Waals surface area contributed by atoms with Gasteiger partial charge < -0.3 is 10.5 Å². The van der Waals surface area contributed by atoms with Crippen LogP contribution in [0.25, 0.3) is 0 Å². The van der Waals surface area contributed by atoms with E-state index < -0.39 is 0 Å². The van der Waals surface area contributed by atoms with Crippen molar-refractivity contribution in [3.05, 3.63) is 35.6 Å². The maximum Gasteiger partial charge on any atom is 0.123 e. The Bertz CT molecular complexity index is 330. The molecule has 3 heteroatoms. The second-order valence-corrected chi connectivity index (χ2v) is 4.69. The minimum absolute atomic E-state index is 0.178. The molecule has 1 unspecified atom stereocenters. The lowest BCUT2D eigenvalue weighted by Gasteiger charge is -2.15. The summed E-state index contributed by atoms with van der Waals surface area (Å²) in [4.78, 5) is 0. The minimum Gasteiger partial charge on any atom is -0.381 e. The number of unbranched alkanes of at least 4 members (excludes halogenated alkanes) is 1. The topological polar surface area (TPSA) is 35.2 Å². The lowest BCUT2D eigenvalue weighted by atomic mass is 9.96. The van der Waals surface area contributed by atoms with Crippen LogP contribution in [0.2, 0.25) is 0 Å². The van der Waals surface area contributed by atoms with Crippen molar-refractivity contribution in [3.8, 4) is 0 Å². The Kier molecular flexibility index (Phi) is 7.62. The molecule has 102 valence electrons. The van der Waals surface area contributed by atoms with Crippen LogP contribution in [0.15, 0.2) is 24.3 Å². The van der Waals surface area contributed by atoms with Crippen LogP contribution in [-0.4, -0.2) is 19.8 Å². The number of hydrogen-bond acceptors (Lipinski definition) is 2. The second-order valence-electron chi connectivity index (χ2n) is 4.69. The van der Waals surface area contributed by atoms with Crippen molar-refractivity contribution in [2.75, 3.05) is 19.8 Å². The van der Waals surface area contributed by atoms with Crippen molar-refractivity contribution >= 4 is 0 Å². The fourth-order valence-electron chi connectivity index (χ4n) is 1.90. The van der Waals surface area contributed by atoms with Crippen LogP contribution in [0, 0.1) is 11.7 Å². The summed E-state index contributed by atoms with van der Waals surface area (Å²) in [6.07, 6.45) is 4.03. The van der Waals surface area contributed by atoms with Crippen LogP contribution >= 0.6 is 0 Å². The van der Waals surface area contributed by atoms with E-state index in [0.717, 1.165) is 44.5 Å². The predicted octanol–water partition coefficient (Wildman–Crippen LogP) is 3.15. The number of nitrogens with two attached hydrogens (primary N) is 1. The van der Waals surface area contributed by atoms with Crippen molar-refractivity contribution in [2.24, 2.45) is 11.7 Å². The Morgan fingerprint density at radius 2 is 2.17 bits per heavy atom. The first-order chi connectivity index (χ1) is 8.76. The van der Waals surface area contributed by atoms with Crippen LogP contribution < -0.4 is 5.73 Å². The van der Waals surface area contributed by atoms with Gasteiger partial charge in [-0.25, -0.2) is 4.39 Å². The first kappa shape index (κ1) is 15.1. The van der Waals surface area contributed by atoms with Crippen LogP contribution in [0.4, 0.5) is 4.39 Å². The smallest absolute Gasteiger partial charge is 0.123 e. The van der Waals surface area contributed by atoms with E-state index in [-0.39, 0.29) is 5.82 Å². The molecule has 1 rings (SSSR count). The molecule has 18 heavy (non-hydrogen) atoms. The summed E-state index contributed by atoms with van der Waals surface area (Å²) in [6.45, 7) is 4.34. The fourth-order valence-corrected chi connectivity index (χ4v) is 1.90. The van der Waals surface area contributed by atoms with Crippen molar-refractivity contribution in [1.29, 1.82) is 0 Å². The van der Waals surface area contributed by atoms with Gasteiger partial charge >= 0.3 is 0 Å². The van der Waals surface area contributed by atoms with E-state index >= 15 is 0 Å². The molecule has 0 aliphatic heterocycles. The van der Waals surface area contributed by atoms with Crippen molar-refractivity contribution in [3.63, 3.8) is 0 Å². The number of rotatable bonds is 9. The van der Waals surface area contributed by atoms with Crippen LogP contribution in [-0.2, 0) is 11.2 Å². The minimum atomic E-state index is -0.178. The summed E-state index contributed by atoms with van der Waals surface area (Å²) in [5.41, 5.74) is 6.76. The molecule has 0 bridgehead atoms. The highest BCUT2D eigenvalue weighted by Gasteiger charge is 2.08. The third kappa shape index (κ3) is 6.12. The van der Waals surface area contributed by atoms with Crippen LogP contribution in [0.5, 0.6) is 0 Å². The molecule has 1 aromatic rings. The molecule has 0 saturated carbocycles. The SMILES string of the molecule is CCCCOCCC(CN)Cc1cccc(F)c1. The van der Waals surface area contributed by atoms with E-state index in [2.05, 4.69) is 6.92 Å². The second kappa shape index (κ2) is 9.06. The van der Waals surface area contributed by atoms with Gasteiger partial charge in [0.2, 0.25) is 0 Å². The maximum atomic E-state index is 13.1. The van der Waals surface area contributed by atoms with Gasteiger partial charge in [-0.05, 0) is 49.4 Å². The Balaban J connectivity index is 2.28. The highest BCUT2D eigenvalue weighted by atomic mass is 19.1. The lowest BCUT2D eigenvalue weighted by Crippen LogP contribution is -2.19. The van der Waals surface area contributed by atoms with Gasteiger partial charge in [0.1, 0.15) is 5.82 Å². The largest absolute Gasteiger partial charge is 0.381 e. The summed E-state index contributed by atoms with van der Waals surface area (Å²) >= 11 is 0. The molecule has 0 amide bonds. The Morgan fingerprint density at radius 1 is 1.33 bits per heavy atom. The molecule has 0 aliphatic carbocycles. The van der Waals surface area contributed by atoms with E-state index in [9.17, 15) is 4.39 Å². The zero-order valence-corrected chi connectivity index (χ0v) is 11.2. The Hall–Kier alpha value is -0.930. The van der Waals surface area contributed by atoms with Gasteiger partial charge in [0, 0.05) is 13.2 Å². The number of halogens is 1. The molecular weight excluding hydrogens is 229 g/mol. The van der Waals surface area contributed by atoms with Gasteiger partial charge in [-0.15, -0.1) is 0 Å². The van der Waals surface area contributed by atoms with Gasteiger partial charge in [0.05, 0.1) is 0 Å². The zero-order valence-electron chi connectivity index (χ0n) is 11.2. The molecule has 1 atom stereocenters. The molecule has 0 heterocycles. The zero-order chi connectivity index (χ0) is 13.2. The van der Waals surface area contributed by atoms with Crippen molar-refractivity contribution in [2.45, 2.75) is 32.6 Å². The van der Waals surface area contributed by atoms with Crippen molar-refractivity contribution in [1.82, 2.24) is 0 Å². The molecule has 0 fully saturated rings. The first-order valence-corrected chi connectivity index (χ1v) is 6.78. The maximum absolute atomic E-state index is 13.1. The van der Waals surface area contributed by atoms with E-state index in [1.807, 2.05) is 6.07 Å². The normalized spacial score (nSPS) is 12.6. The van der Waals surface area contributed by atoms with Crippen LogP contribution in [0.1, 0.15) is 31.7 Å². The summed E-state index contributed by atoms with van der Waals surface area (Å²) in [5, 5.41) is 0. The van der Waals surface area contributed by atoms with Gasteiger partial charge in [-0.3, -0.25) is 0 Å². The van der Waals surface area contributed by atoms with E-state index in [1.165, 1.54) is 6.07 Å². The molecule has 0 saturated heterocycles. The average Bonchev–Trinajstić information content (AvgIpc) is 2.37. The molecule has 0 radical (unpaired) electrons. The third-order valence-corrected chi connectivity index (χ3v) is 3.06. The Labute approximate surface area is 109 Å². The summed E-state index contributed by atoms with van der Waals surface area (Å²) in [5.74, 6) is 0.191. The molecule has 2 nitrogen and oxygen atoms in total. The molecular formula is C15H24FNO. The summed E-state index contributed by atoms with van der Waals surface area (Å²) in [7, 11) is 0. The number of ether oxygens (including phenoxy) is 1. The quantitative estimate of drug-likeness (QED) is 0.686. The molecule has 0 aliphatic rings. The number of hydrogen-bond donors (Lipinski definition) is 1. The average molecular weight is 253 g/mol.